The van der Waals surface area contributed by atoms with Gasteiger partial charge in [0.25, 0.3) is 0 Å². The quantitative estimate of drug-likeness (QED) is 0.402. The van der Waals surface area contributed by atoms with E-state index in [0.717, 1.165) is 9.03 Å². The van der Waals surface area contributed by atoms with Crippen molar-refractivity contribution in [3.8, 4) is 0 Å². The molecule has 0 radical (unpaired) electrons. The first-order chi connectivity index (χ1) is 11.5. The number of hydrogen-bond donors (Lipinski definition) is 4. The van der Waals surface area contributed by atoms with Gasteiger partial charge in [-0.1, -0.05) is 0 Å². The molecule has 9 heteroatoms. The molecule has 0 amide bonds. The summed E-state index contributed by atoms with van der Waals surface area (Å²) in [6.07, 6.45) is -3.53. The van der Waals surface area contributed by atoms with E-state index in [2.05, 4.69) is 4.98 Å². The van der Waals surface area contributed by atoms with Gasteiger partial charge in [-0.05, 0) is 0 Å². The van der Waals surface area contributed by atoms with E-state index < -0.39 is 42.4 Å². The Morgan fingerprint density at radius 1 is 1.17 bits per heavy atom. The fraction of sp³-hybridized carbons (Fsp3) is 0.333. The average molecular weight is 399 g/mol. The zero-order chi connectivity index (χ0) is 17.3. The third kappa shape index (κ3) is 3.23. The molecule has 4 atom stereocenters. The number of nitrogens with zero attached hydrogens (tertiary/aromatic N) is 1. The molecule has 4 N–H and O–H groups in total. The minimum absolute atomic E-state index is 0.344. The van der Waals surface area contributed by atoms with Crippen molar-refractivity contribution in [3.05, 3.63) is 57.4 Å². The molecule has 3 rings (SSSR count). The number of H-pyrrole nitrogens is 1. The van der Waals surface area contributed by atoms with Crippen LogP contribution in [-0.4, -0.2) is 64.7 Å². The van der Waals surface area contributed by atoms with Crippen molar-refractivity contribution in [1.29, 1.82) is 0 Å². The topological polar surface area (TPSA) is 125 Å². The van der Waals surface area contributed by atoms with Crippen LogP contribution in [0.5, 0.6) is 0 Å². The SMILES string of the molecule is O=c1[nH]c(=O)n([C@@H]2O[C@H](CO)[C@@H](O)[C@H]2O)cc1[Se]c1ccccc1. The number of aromatic nitrogens is 2. The van der Waals surface area contributed by atoms with Crippen molar-refractivity contribution in [3.63, 3.8) is 0 Å². The third-order valence-electron chi connectivity index (χ3n) is 3.70. The van der Waals surface area contributed by atoms with Crippen LogP contribution in [0.1, 0.15) is 6.23 Å². The molecule has 1 saturated heterocycles. The van der Waals surface area contributed by atoms with Gasteiger partial charge in [-0.3, -0.25) is 0 Å². The van der Waals surface area contributed by atoms with Gasteiger partial charge in [0.05, 0.1) is 0 Å². The molecule has 0 bridgehead atoms. The van der Waals surface area contributed by atoms with E-state index in [-0.39, 0.29) is 15.0 Å². The summed E-state index contributed by atoms with van der Waals surface area (Å²) in [5.41, 5.74) is -1.24. The van der Waals surface area contributed by atoms with Crippen molar-refractivity contribution in [2.75, 3.05) is 6.61 Å². The molecule has 2 aromatic rings. The number of aromatic amines is 1. The van der Waals surface area contributed by atoms with E-state index in [1.54, 1.807) is 0 Å². The Kier molecular flexibility index (Phi) is 5.00. The summed E-state index contributed by atoms with van der Waals surface area (Å²) in [6.45, 7) is -0.492. The zero-order valence-electron chi connectivity index (χ0n) is 12.4. The summed E-state index contributed by atoms with van der Waals surface area (Å²) in [4.78, 5) is 26.3. The predicted molar refractivity (Wildman–Crippen MR) is 85.8 cm³/mol. The first-order valence-corrected chi connectivity index (χ1v) is 8.93. The second-order valence-corrected chi connectivity index (χ2v) is 7.64. The van der Waals surface area contributed by atoms with Crippen molar-refractivity contribution in [2.24, 2.45) is 0 Å². The summed E-state index contributed by atoms with van der Waals surface area (Å²) < 4.78 is 7.72. The van der Waals surface area contributed by atoms with Gasteiger partial charge >= 0.3 is 142 Å². The normalized spacial score (nSPS) is 26.6. The molecule has 128 valence electrons. The van der Waals surface area contributed by atoms with E-state index >= 15 is 0 Å². The third-order valence-corrected chi connectivity index (χ3v) is 5.83. The minimum atomic E-state index is -1.39. The number of aliphatic hydroxyl groups excluding tert-OH is 3. The molecule has 0 aliphatic carbocycles. The molecule has 0 spiro atoms. The number of benzene rings is 1. The van der Waals surface area contributed by atoms with Gasteiger partial charge < -0.3 is 0 Å². The molecule has 2 heterocycles. The molecule has 0 saturated carbocycles. The second-order valence-electron chi connectivity index (χ2n) is 5.30. The van der Waals surface area contributed by atoms with Gasteiger partial charge in [0.1, 0.15) is 0 Å². The van der Waals surface area contributed by atoms with Crippen LogP contribution in [-0.2, 0) is 4.74 Å². The van der Waals surface area contributed by atoms with E-state index in [0.29, 0.717) is 4.46 Å². The molecule has 8 nitrogen and oxygen atoms in total. The van der Waals surface area contributed by atoms with E-state index in [1.807, 2.05) is 30.3 Å². The van der Waals surface area contributed by atoms with Crippen molar-refractivity contribution < 1.29 is 20.1 Å². The first-order valence-electron chi connectivity index (χ1n) is 7.22. The summed E-state index contributed by atoms with van der Waals surface area (Å²) in [7, 11) is 0. The molecule has 1 aromatic carbocycles. The first kappa shape index (κ1) is 17.1. The maximum absolute atomic E-state index is 12.1. The summed E-state index contributed by atoms with van der Waals surface area (Å²) in [5.74, 6) is 0. The molecule has 1 aromatic heterocycles. The van der Waals surface area contributed by atoms with Crippen LogP contribution in [0.4, 0.5) is 0 Å². The number of nitrogens with one attached hydrogen (secondary N) is 1. The van der Waals surface area contributed by atoms with E-state index in [4.69, 9.17) is 9.84 Å². The van der Waals surface area contributed by atoms with E-state index in [1.165, 1.54) is 6.20 Å². The fourth-order valence-electron chi connectivity index (χ4n) is 2.45. The molecule has 1 aliphatic heterocycles. The number of ether oxygens (including phenoxy) is 1. The number of hydrogen-bond acceptors (Lipinski definition) is 6. The predicted octanol–water partition coefficient (Wildman–Crippen LogP) is -3.20. The summed E-state index contributed by atoms with van der Waals surface area (Å²) >= 11 is -0.344. The Hall–Kier alpha value is -1.74. The van der Waals surface area contributed by atoms with Gasteiger partial charge in [-0.15, -0.1) is 0 Å². The molecule has 24 heavy (non-hydrogen) atoms. The molecule has 1 aliphatic rings. The van der Waals surface area contributed by atoms with Gasteiger partial charge in [-0.2, -0.15) is 0 Å². The van der Waals surface area contributed by atoms with Crippen LogP contribution in [0.15, 0.2) is 46.1 Å². The molecular weight excluding hydrogens is 383 g/mol. The summed E-state index contributed by atoms with van der Waals surface area (Å²) in [6, 6.07) is 9.33. The van der Waals surface area contributed by atoms with Gasteiger partial charge in [0.15, 0.2) is 0 Å². The van der Waals surface area contributed by atoms with Crippen molar-refractivity contribution in [1.82, 2.24) is 9.55 Å². The Labute approximate surface area is 142 Å². The van der Waals surface area contributed by atoms with E-state index in [9.17, 15) is 19.8 Å². The Morgan fingerprint density at radius 3 is 2.50 bits per heavy atom. The Bertz CT molecular complexity index is 821. The molecule has 0 unspecified atom stereocenters. The molecular formula is C15H16N2O6Se. The fourth-order valence-corrected chi connectivity index (χ4v) is 4.25. The van der Waals surface area contributed by atoms with Crippen LogP contribution in [0.3, 0.4) is 0 Å². The van der Waals surface area contributed by atoms with Crippen LogP contribution in [0.2, 0.25) is 0 Å². The van der Waals surface area contributed by atoms with Gasteiger partial charge in [0.2, 0.25) is 0 Å². The van der Waals surface area contributed by atoms with Crippen LogP contribution in [0.25, 0.3) is 0 Å². The van der Waals surface area contributed by atoms with Crippen molar-refractivity contribution >= 4 is 23.9 Å². The zero-order valence-corrected chi connectivity index (χ0v) is 14.1. The van der Waals surface area contributed by atoms with Gasteiger partial charge in [-0.25, -0.2) is 0 Å². The molecule has 1 fully saturated rings. The van der Waals surface area contributed by atoms with Gasteiger partial charge in [0, 0.05) is 0 Å². The van der Waals surface area contributed by atoms with Crippen LogP contribution < -0.4 is 20.2 Å². The Balaban J connectivity index is 1.96. The Morgan fingerprint density at radius 2 is 1.88 bits per heavy atom. The number of rotatable bonds is 4. The number of aliphatic hydroxyl groups is 3. The monoisotopic (exact) mass is 400 g/mol. The maximum atomic E-state index is 12.1. The standard InChI is InChI=1S/C15H16N2O6Se/c18-7-9-11(19)12(20)14(23-9)17-6-10(13(21)16-15(17)22)24-8-4-2-1-3-5-8/h1-6,9,11-12,14,18-20H,7H2,(H,16,21,22)/t9-,11-,12-,14-/m1/s1. The van der Waals surface area contributed by atoms with Crippen LogP contribution >= 0.6 is 0 Å². The van der Waals surface area contributed by atoms with Crippen molar-refractivity contribution in [2.45, 2.75) is 24.5 Å². The van der Waals surface area contributed by atoms with Crippen LogP contribution in [0, 0.1) is 0 Å². The average Bonchev–Trinajstić information content (AvgIpc) is 2.86. The second kappa shape index (κ2) is 7.02. The summed E-state index contributed by atoms with van der Waals surface area (Å²) in [5, 5.41) is 29.0.